The molecule has 130 valence electrons. The van der Waals surface area contributed by atoms with Gasteiger partial charge in [0.25, 0.3) is 0 Å². The highest BCUT2D eigenvalue weighted by Crippen LogP contribution is 2.39. The largest absolute Gasteiger partial charge is 0.469 e. The van der Waals surface area contributed by atoms with E-state index in [0.717, 1.165) is 19.3 Å². The van der Waals surface area contributed by atoms with Crippen molar-refractivity contribution < 1.29 is 28.4 Å². The summed E-state index contributed by atoms with van der Waals surface area (Å²) in [5.74, 6) is -0.505. The summed E-state index contributed by atoms with van der Waals surface area (Å²) >= 11 is 0. The monoisotopic (exact) mass is 336 g/mol. The molecule has 2 N–H and O–H groups in total. The van der Waals surface area contributed by atoms with Crippen LogP contribution in [0.1, 0.15) is 65.2 Å². The number of unbranched alkanes of at least 4 members (excludes halogenated alkanes) is 5. The summed E-state index contributed by atoms with van der Waals surface area (Å²) in [6, 6.07) is 0. The van der Waals surface area contributed by atoms with Crippen LogP contribution >= 0.6 is 7.82 Å². The molecule has 0 saturated heterocycles. The minimum absolute atomic E-state index is 0.0617. The average Bonchev–Trinajstić information content (AvgIpc) is 2.40. The first-order valence-electron chi connectivity index (χ1n) is 7.82. The summed E-state index contributed by atoms with van der Waals surface area (Å²) in [5, 5.41) is 0. The lowest BCUT2D eigenvalue weighted by atomic mass is 10.1. The van der Waals surface area contributed by atoms with E-state index in [-0.39, 0.29) is 13.0 Å². The molecule has 0 saturated carbocycles. The van der Waals surface area contributed by atoms with Crippen molar-refractivity contribution in [2.75, 3.05) is 6.61 Å². The van der Waals surface area contributed by atoms with Gasteiger partial charge in [0.15, 0.2) is 0 Å². The Bertz CT molecular complexity index is 376. The van der Waals surface area contributed by atoms with Gasteiger partial charge in [-0.05, 0) is 13.3 Å². The van der Waals surface area contributed by atoms with Crippen LogP contribution in [0.4, 0.5) is 0 Å². The number of hydrogen-bond donors (Lipinski definition) is 2. The first-order chi connectivity index (χ1) is 10.3. The lowest BCUT2D eigenvalue weighted by molar-refractivity contribution is -0.139. The van der Waals surface area contributed by atoms with Gasteiger partial charge in [-0.1, -0.05) is 52.0 Å². The highest BCUT2D eigenvalue weighted by molar-refractivity contribution is 7.46. The van der Waals surface area contributed by atoms with E-state index in [1.165, 1.54) is 19.3 Å². The average molecular weight is 336 g/mol. The third kappa shape index (κ3) is 13.0. The van der Waals surface area contributed by atoms with E-state index < -0.39 is 19.9 Å². The zero-order valence-electron chi connectivity index (χ0n) is 13.6. The summed E-state index contributed by atoms with van der Waals surface area (Å²) < 4.78 is 20.7. The predicted octanol–water partition coefficient (Wildman–Crippen LogP) is 3.72. The molecular weight excluding hydrogens is 307 g/mol. The highest BCUT2D eigenvalue weighted by atomic mass is 31.2. The van der Waals surface area contributed by atoms with Gasteiger partial charge >= 0.3 is 13.8 Å². The van der Waals surface area contributed by atoms with Crippen LogP contribution in [-0.2, 0) is 18.6 Å². The second kappa shape index (κ2) is 11.8. The molecule has 0 aliphatic carbocycles. The summed E-state index contributed by atoms with van der Waals surface area (Å²) in [7, 11) is -4.53. The Morgan fingerprint density at radius 3 is 2.27 bits per heavy atom. The molecular formula is C15H29O6P. The molecule has 0 fully saturated rings. The molecule has 22 heavy (non-hydrogen) atoms. The smallest absolute Gasteiger partial charge is 0.462 e. The van der Waals surface area contributed by atoms with Gasteiger partial charge in [0.05, 0.1) is 12.7 Å². The molecule has 0 radical (unpaired) electrons. The van der Waals surface area contributed by atoms with E-state index in [2.05, 4.69) is 13.5 Å². The molecule has 0 aliphatic heterocycles. The van der Waals surface area contributed by atoms with Crippen LogP contribution in [0, 0.1) is 0 Å². The molecule has 0 aromatic rings. The van der Waals surface area contributed by atoms with Gasteiger partial charge in [0, 0.05) is 12.0 Å². The fourth-order valence-corrected chi connectivity index (χ4v) is 2.60. The quantitative estimate of drug-likeness (QED) is 0.230. The third-order valence-corrected chi connectivity index (χ3v) is 3.76. The first kappa shape index (κ1) is 21.3. The molecule has 0 rings (SSSR count). The van der Waals surface area contributed by atoms with E-state index >= 15 is 0 Å². The second-order valence-electron chi connectivity index (χ2n) is 5.48. The number of phosphoric ester groups is 1. The predicted molar refractivity (Wildman–Crippen MR) is 85.3 cm³/mol. The summed E-state index contributed by atoms with van der Waals surface area (Å²) in [4.78, 5) is 29.1. The maximum atomic E-state index is 11.3. The van der Waals surface area contributed by atoms with Gasteiger partial charge in [0.1, 0.15) is 0 Å². The summed E-state index contributed by atoms with van der Waals surface area (Å²) in [6.07, 6.45) is 6.72. The minimum Gasteiger partial charge on any atom is -0.462 e. The number of phosphoric acid groups is 1. The lowest BCUT2D eigenvalue weighted by Crippen LogP contribution is -2.16. The molecule has 7 heteroatoms. The van der Waals surface area contributed by atoms with E-state index in [9.17, 15) is 9.36 Å². The van der Waals surface area contributed by atoms with E-state index in [4.69, 9.17) is 19.0 Å². The van der Waals surface area contributed by atoms with Gasteiger partial charge in [-0.2, -0.15) is 0 Å². The Kier molecular flexibility index (Phi) is 11.5. The Labute approximate surface area is 133 Å². The highest BCUT2D eigenvalue weighted by Gasteiger charge is 2.22. The molecule has 0 aliphatic rings. The topological polar surface area (TPSA) is 93.1 Å². The Balaban J connectivity index is 4.07. The standard InChI is InChI=1S/C15H29O6P/c1-4-5-6-7-8-9-10-14(21-22(17,18)19)11-12-20-15(16)13(2)3/h14H,2,4-12H2,1,3H3,(H2,17,18,19). The van der Waals surface area contributed by atoms with Crippen LogP contribution in [0.15, 0.2) is 12.2 Å². The van der Waals surface area contributed by atoms with E-state index in [0.29, 0.717) is 12.0 Å². The maximum absolute atomic E-state index is 11.3. The van der Waals surface area contributed by atoms with Crippen molar-refractivity contribution >= 4 is 13.8 Å². The van der Waals surface area contributed by atoms with Gasteiger partial charge in [0.2, 0.25) is 0 Å². The normalized spacial score (nSPS) is 12.9. The molecule has 0 bridgehead atoms. The number of ether oxygens (including phenoxy) is 1. The Morgan fingerprint density at radius 1 is 1.14 bits per heavy atom. The molecule has 0 amide bonds. The molecule has 0 spiro atoms. The molecule has 1 unspecified atom stereocenters. The van der Waals surface area contributed by atoms with Crippen LogP contribution in [0.5, 0.6) is 0 Å². The van der Waals surface area contributed by atoms with Crippen LogP contribution < -0.4 is 0 Å². The van der Waals surface area contributed by atoms with Crippen molar-refractivity contribution in [1.82, 2.24) is 0 Å². The second-order valence-corrected chi connectivity index (χ2v) is 6.67. The molecule has 0 aromatic carbocycles. The summed E-state index contributed by atoms with van der Waals surface area (Å²) in [5.41, 5.74) is 0.295. The zero-order chi connectivity index (χ0) is 17.0. The lowest BCUT2D eigenvalue weighted by Gasteiger charge is -2.18. The fraction of sp³-hybridized carbons (Fsp3) is 0.800. The number of hydrogen-bond acceptors (Lipinski definition) is 4. The van der Waals surface area contributed by atoms with Gasteiger partial charge in [-0.25, -0.2) is 9.36 Å². The van der Waals surface area contributed by atoms with Crippen molar-refractivity contribution in [1.29, 1.82) is 0 Å². The van der Waals surface area contributed by atoms with Crippen molar-refractivity contribution in [3.05, 3.63) is 12.2 Å². The Hall–Kier alpha value is -0.680. The maximum Gasteiger partial charge on any atom is 0.469 e. The number of esters is 1. The molecule has 6 nitrogen and oxygen atoms in total. The molecule has 1 atom stereocenters. The van der Waals surface area contributed by atoms with Crippen molar-refractivity contribution in [2.45, 2.75) is 71.3 Å². The van der Waals surface area contributed by atoms with E-state index in [1.807, 2.05) is 0 Å². The summed E-state index contributed by atoms with van der Waals surface area (Å²) in [6.45, 7) is 7.22. The number of carbonyl (C=O) groups excluding carboxylic acids is 1. The van der Waals surface area contributed by atoms with Crippen LogP contribution in [-0.4, -0.2) is 28.5 Å². The SMILES string of the molecule is C=C(C)C(=O)OCCC(CCCCCCCC)OP(=O)(O)O. The zero-order valence-corrected chi connectivity index (χ0v) is 14.5. The van der Waals surface area contributed by atoms with Crippen molar-refractivity contribution in [2.24, 2.45) is 0 Å². The number of rotatable bonds is 13. The van der Waals surface area contributed by atoms with Crippen LogP contribution in [0.3, 0.4) is 0 Å². The van der Waals surface area contributed by atoms with Gasteiger partial charge < -0.3 is 14.5 Å². The Morgan fingerprint density at radius 2 is 1.73 bits per heavy atom. The van der Waals surface area contributed by atoms with Gasteiger partial charge in [-0.15, -0.1) is 0 Å². The first-order valence-corrected chi connectivity index (χ1v) is 9.36. The molecule has 0 aromatic heterocycles. The number of carbonyl (C=O) groups is 1. The molecule has 0 heterocycles. The van der Waals surface area contributed by atoms with Crippen LogP contribution in [0.25, 0.3) is 0 Å². The van der Waals surface area contributed by atoms with Crippen molar-refractivity contribution in [3.8, 4) is 0 Å². The van der Waals surface area contributed by atoms with E-state index in [1.54, 1.807) is 6.92 Å². The van der Waals surface area contributed by atoms with Crippen molar-refractivity contribution in [3.63, 3.8) is 0 Å². The minimum atomic E-state index is -4.53. The van der Waals surface area contributed by atoms with Crippen LogP contribution in [0.2, 0.25) is 0 Å². The third-order valence-electron chi connectivity index (χ3n) is 3.19. The fourth-order valence-electron chi connectivity index (χ4n) is 2.00. The van der Waals surface area contributed by atoms with Gasteiger partial charge in [-0.3, -0.25) is 4.52 Å².